The summed E-state index contributed by atoms with van der Waals surface area (Å²) in [5, 5.41) is 2.96. The summed E-state index contributed by atoms with van der Waals surface area (Å²) in [6.45, 7) is 1.16. The number of nitrogens with one attached hydrogen (secondary N) is 1. The fourth-order valence-electron chi connectivity index (χ4n) is 2.39. The number of carbonyl (C=O) groups is 3. The van der Waals surface area contributed by atoms with Gasteiger partial charge in [0, 0.05) is 16.5 Å². The molecule has 1 N–H and O–H groups in total. The summed E-state index contributed by atoms with van der Waals surface area (Å²) >= 11 is 0. The van der Waals surface area contributed by atoms with Crippen LogP contribution in [0, 0.1) is 6.92 Å². The standard InChI is InChI=1S/C19H15NO5/c1-12-14-9-5-6-10-15(14)25-17(12)19(23)24-11-16(21)20-18(22)13-7-3-2-4-8-13/h2-10H,11H2,1H3,(H,20,21,22). The van der Waals surface area contributed by atoms with Gasteiger partial charge in [-0.2, -0.15) is 0 Å². The molecule has 25 heavy (non-hydrogen) atoms. The van der Waals surface area contributed by atoms with Crippen LogP contribution in [0.5, 0.6) is 0 Å². The van der Waals surface area contributed by atoms with Crippen molar-refractivity contribution in [2.24, 2.45) is 0 Å². The monoisotopic (exact) mass is 337 g/mol. The molecule has 0 spiro atoms. The Balaban J connectivity index is 1.61. The minimum absolute atomic E-state index is 0.0448. The van der Waals surface area contributed by atoms with Gasteiger partial charge in [-0.25, -0.2) is 4.79 Å². The van der Waals surface area contributed by atoms with Crippen molar-refractivity contribution in [3.63, 3.8) is 0 Å². The van der Waals surface area contributed by atoms with E-state index in [9.17, 15) is 14.4 Å². The van der Waals surface area contributed by atoms with Gasteiger partial charge >= 0.3 is 5.97 Å². The Bertz CT molecular complexity index is 943. The molecule has 0 aliphatic heterocycles. The molecule has 0 aliphatic carbocycles. The lowest BCUT2D eigenvalue weighted by molar-refractivity contribution is -0.123. The number of benzene rings is 2. The number of fused-ring (bicyclic) bond motifs is 1. The van der Waals surface area contributed by atoms with Crippen LogP contribution in [-0.2, 0) is 9.53 Å². The fraction of sp³-hybridized carbons (Fsp3) is 0.105. The third-order valence-corrected chi connectivity index (χ3v) is 3.65. The summed E-state index contributed by atoms with van der Waals surface area (Å²) in [5.74, 6) is -1.98. The van der Waals surface area contributed by atoms with E-state index in [-0.39, 0.29) is 5.76 Å². The highest BCUT2D eigenvalue weighted by atomic mass is 16.5. The van der Waals surface area contributed by atoms with Gasteiger partial charge in [-0.05, 0) is 25.1 Å². The molecule has 0 aliphatic rings. The number of amides is 2. The van der Waals surface area contributed by atoms with Gasteiger partial charge in [0.25, 0.3) is 11.8 Å². The lowest BCUT2D eigenvalue weighted by Gasteiger charge is -2.05. The highest BCUT2D eigenvalue weighted by molar-refractivity contribution is 6.05. The molecule has 0 saturated heterocycles. The van der Waals surface area contributed by atoms with E-state index in [1.807, 2.05) is 12.1 Å². The summed E-state index contributed by atoms with van der Waals surface area (Å²) in [6, 6.07) is 15.5. The molecule has 3 rings (SSSR count). The molecular formula is C19H15NO5. The first-order chi connectivity index (χ1) is 12.1. The van der Waals surface area contributed by atoms with Crippen molar-refractivity contribution in [2.75, 3.05) is 6.61 Å². The van der Waals surface area contributed by atoms with Gasteiger partial charge in [0.1, 0.15) is 5.58 Å². The van der Waals surface area contributed by atoms with Crippen LogP contribution in [-0.4, -0.2) is 24.4 Å². The van der Waals surface area contributed by atoms with E-state index in [1.54, 1.807) is 49.4 Å². The number of rotatable bonds is 4. The maximum absolute atomic E-state index is 12.1. The number of furan rings is 1. The van der Waals surface area contributed by atoms with Crippen LogP contribution in [0.1, 0.15) is 26.5 Å². The summed E-state index contributed by atoms with van der Waals surface area (Å²) in [4.78, 5) is 35.7. The number of esters is 1. The molecular weight excluding hydrogens is 322 g/mol. The maximum atomic E-state index is 12.1. The average molecular weight is 337 g/mol. The predicted octanol–water partition coefficient (Wildman–Crippen LogP) is 2.85. The molecule has 3 aromatic rings. The topological polar surface area (TPSA) is 85.6 Å². The Hall–Kier alpha value is -3.41. The highest BCUT2D eigenvalue weighted by Crippen LogP contribution is 2.25. The Morgan fingerprint density at radius 1 is 1.00 bits per heavy atom. The predicted molar refractivity (Wildman–Crippen MR) is 90.1 cm³/mol. The number of hydrogen-bond acceptors (Lipinski definition) is 5. The van der Waals surface area contributed by atoms with Crippen molar-refractivity contribution in [3.8, 4) is 0 Å². The second-order valence-electron chi connectivity index (χ2n) is 5.37. The lowest BCUT2D eigenvalue weighted by Crippen LogP contribution is -2.34. The Labute approximate surface area is 143 Å². The van der Waals surface area contributed by atoms with Gasteiger partial charge in [0.05, 0.1) is 0 Å². The van der Waals surface area contributed by atoms with Crippen molar-refractivity contribution >= 4 is 28.8 Å². The van der Waals surface area contributed by atoms with E-state index >= 15 is 0 Å². The summed E-state index contributed by atoms with van der Waals surface area (Å²) < 4.78 is 10.4. The van der Waals surface area contributed by atoms with Crippen LogP contribution in [0.15, 0.2) is 59.0 Å². The molecule has 0 unspecified atom stereocenters. The molecule has 126 valence electrons. The molecule has 0 radical (unpaired) electrons. The van der Waals surface area contributed by atoms with Gasteiger partial charge in [0.15, 0.2) is 6.61 Å². The fourth-order valence-corrected chi connectivity index (χ4v) is 2.39. The van der Waals surface area contributed by atoms with Crippen molar-refractivity contribution in [1.82, 2.24) is 5.32 Å². The number of aryl methyl sites for hydroxylation is 1. The zero-order valence-electron chi connectivity index (χ0n) is 13.4. The van der Waals surface area contributed by atoms with E-state index in [1.165, 1.54) is 0 Å². The Kier molecular flexibility index (Phi) is 4.61. The quantitative estimate of drug-likeness (QED) is 0.740. The zero-order chi connectivity index (χ0) is 17.8. The summed E-state index contributed by atoms with van der Waals surface area (Å²) in [7, 11) is 0. The maximum Gasteiger partial charge on any atom is 0.375 e. The second-order valence-corrected chi connectivity index (χ2v) is 5.37. The molecule has 0 bridgehead atoms. The largest absolute Gasteiger partial charge is 0.450 e. The Morgan fingerprint density at radius 2 is 1.68 bits per heavy atom. The Morgan fingerprint density at radius 3 is 2.40 bits per heavy atom. The van der Waals surface area contributed by atoms with E-state index in [2.05, 4.69) is 5.32 Å². The van der Waals surface area contributed by atoms with Crippen LogP contribution >= 0.6 is 0 Å². The van der Waals surface area contributed by atoms with Crippen LogP contribution in [0.3, 0.4) is 0 Å². The zero-order valence-corrected chi connectivity index (χ0v) is 13.4. The molecule has 0 saturated carbocycles. The first-order valence-corrected chi connectivity index (χ1v) is 7.61. The van der Waals surface area contributed by atoms with Crippen molar-refractivity contribution in [2.45, 2.75) is 6.92 Å². The first-order valence-electron chi connectivity index (χ1n) is 7.61. The van der Waals surface area contributed by atoms with Crippen LogP contribution in [0.4, 0.5) is 0 Å². The normalized spacial score (nSPS) is 10.4. The van der Waals surface area contributed by atoms with Crippen LogP contribution < -0.4 is 5.32 Å². The smallest absolute Gasteiger partial charge is 0.375 e. The van der Waals surface area contributed by atoms with Gasteiger partial charge in [-0.3, -0.25) is 14.9 Å². The number of ether oxygens (including phenoxy) is 1. The number of imide groups is 1. The van der Waals surface area contributed by atoms with Gasteiger partial charge < -0.3 is 9.15 Å². The second kappa shape index (κ2) is 7.00. The third-order valence-electron chi connectivity index (χ3n) is 3.65. The summed E-state index contributed by atoms with van der Waals surface area (Å²) in [6.07, 6.45) is 0. The van der Waals surface area contributed by atoms with E-state index in [0.29, 0.717) is 16.7 Å². The minimum atomic E-state index is -0.754. The summed E-state index contributed by atoms with van der Waals surface area (Å²) in [5.41, 5.74) is 1.55. The average Bonchev–Trinajstić information content (AvgIpc) is 2.97. The molecule has 2 amide bonds. The van der Waals surface area contributed by atoms with Crippen molar-refractivity contribution in [1.29, 1.82) is 0 Å². The van der Waals surface area contributed by atoms with Gasteiger partial charge in [0.2, 0.25) is 5.76 Å². The minimum Gasteiger partial charge on any atom is -0.450 e. The molecule has 0 fully saturated rings. The molecule has 6 nitrogen and oxygen atoms in total. The number of hydrogen-bond donors (Lipinski definition) is 1. The third kappa shape index (κ3) is 3.58. The molecule has 1 heterocycles. The van der Waals surface area contributed by atoms with E-state index in [0.717, 1.165) is 5.39 Å². The van der Waals surface area contributed by atoms with Crippen LogP contribution in [0.25, 0.3) is 11.0 Å². The molecule has 6 heteroatoms. The van der Waals surface area contributed by atoms with Crippen LogP contribution in [0.2, 0.25) is 0 Å². The van der Waals surface area contributed by atoms with Gasteiger partial charge in [-0.1, -0.05) is 36.4 Å². The molecule has 2 aromatic carbocycles. The molecule has 0 atom stereocenters. The first kappa shape index (κ1) is 16.4. The van der Waals surface area contributed by atoms with Crippen molar-refractivity contribution < 1.29 is 23.5 Å². The van der Waals surface area contributed by atoms with Gasteiger partial charge in [-0.15, -0.1) is 0 Å². The van der Waals surface area contributed by atoms with E-state index < -0.39 is 24.4 Å². The number of carbonyl (C=O) groups excluding carboxylic acids is 3. The van der Waals surface area contributed by atoms with E-state index in [4.69, 9.17) is 9.15 Å². The highest BCUT2D eigenvalue weighted by Gasteiger charge is 2.20. The SMILES string of the molecule is Cc1c(C(=O)OCC(=O)NC(=O)c2ccccc2)oc2ccccc12. The molecule has 1 aromatic heterocycles. The number of para-hydroxylation sites is 1. The lowest BCUT2D eigenvalue weighted by atomic mass is 10.1. The van der Waals surface area contributed by atoms with Crippen molar-refractivity contribution in [3.05, 3.63) is 71.5 Å².